The first-order chi connectivity index (χ1) is 10.2. The van der Waals surface area contributed by atoms with Gasteiger partial charge in [0.2, 0.25) is 5.91 Å². The van der Waals surface area contributed by atoms with E-state index in [1.807, 2.05) is 0 Å². The van der Waals surface area contributed by atoms with Crippen LogP contribution in [0.5, 0.6) is 0 Å². The second-order valence-electron chi connectivity index (χ2n) is 5.73. The number of anilines is 2. The third-order valence-corrected chi connectivity index (χ3v) is 4.26. The second kappa shape index (κ2) is 6.43. The van der Waals surface area contributed by atoms with E-state index in [2.05, 4.69) is 10.2 Å². The van der Waals surface area contributed by atoms with Crippen molar-refractivity contribution < 1.29 is 13.9 Å². The number of carbonyl (C=O) groups excluding carboxylic acids is 1. The Hall–Kier alpha value is -1.62. The van der Waals surface area contributed by atoms with Crippen LogP contribution in [0.2, 0.25) is 0 Å². The standard InChI is InChI=1S/C16H21FN2O2/c17-13-3-4-15(19-7-1-2-8-19)14(11-13)18-16(20)12-5-9-21-10-6-12/h3-4,11-12H,1-2,5-10H2,(H,18,20). The SMILES string of the molecule is O=C(Nc1cc(F)ccc1N1CCCC1)C1CCOCC1. The van der Waals surface area contributed by atoms with E-state index in [-0.39, 0.29) is 17.6 Å². The van der Waals surface area contributed by atoms with Gasteiger partial charge in [-0.15, -0.1) is 0 Å². The molecule has 1 aromatic carbocycles. The Morgan fingerprint density at radius 1 is 1.24 bits per heavy atom. The molecule has 2 saturated heterocycles. The van der Waals surface area contributed by atoms with E-state index in [9.17, 15) is 9.18 Å². The highest BCUT2D eigenvalue weighted by Crippen LogP contribution is 2.30. The minimum atomic E-state index is -0.319. The van der Waals surface area contributed by atoms with E-state index in [0.717, 1.165) is 44.5 Å². The van der Waals surface area contributed by atoms with Crippen molar-refractivity contribution >= 4 is 17.3 Å². The molecule has 0 bridgehead atoms. The normalized spacial score (nSPS) is 19.8. The molecular formula is C16H21FN2O2. The number of ether oxygens (including phenoxy) is 1. The van der Waals surface area contributed by atoms with Crippen molar-refractivity contribution in [3.8, 4) is 0 Å². The zero-order valence-electron chi connectivity index (χ0n) is 12.1. The molecule has 1 aromatic rings. The Bertz CT molecular complexity index is 509. The molecule has 1 amide bonds. The Morgan fingerprint density at radius 3 is 2.67 bits per heavy atom. The minimum Gasteiger partial charge on any atom is -0.381 e. The Kier molecular flexibility index (Phi) is 4.39. The van der Waals surface area contributed by atoms with E-state index in [1.165, 1.54) is 12.1 Å². The van der Waals surface area contributed by atoms with Gasteiger partial charge in [-0.2, -0.15) is 0 Å². The Balaban J connectivity index is 1.76. The molecule has 0 aliphatic carbocycles. The molecule has 1 N–H and O–H groups in total. The van der Waals surface area contributed by atoms with Crippen molar-refractivity contribution in [3.63, 3.8) is 0 Å². The zero-order valence-corrected chi connectivity index (χ0v) is 12.1. The van der Waals surface area contributed by atoms with E-state index >= 15 is 0 Å². The Labute approximate surface area is 124 Å². The topological polar surface area (TPSA) is 41.6 Å². The molecule has 2 aliphatic rings. The monoisotopic (exact) mass is 292 g/mol. The summed E-state index contributed by atoms with van der Waals surface area (Å²) >= 11 is 0. The number of halogens is 1. The van der Waals surface area contributed by atoms with Crippen LogP contribution in [-0.2, 0) is 9.53 Å². The maximum atomic E-state index is 13.5. The summed E-state index contributed by atoms with van der Waals surface area (Å²) in [6.45, 7) is 3.18. The smallest absolute Gasteiger partial charge is 0.227 e. The molecule has 0 radical (unpaired) electrons. The van der Waals surface area contributed by atoms with Crippen molar-refractivity contribution in [2.75, 3.05) is 36.5 Å². The van der Waals surface area contributed by atoms with Crippen LogP contribution in [0.3, 0.4) is 0 Å². The fourth-order valence-electron chi connectivity index (χ4n) is 3.04. The highest BCUT2D eigenvalue weighted by molar-refractivity contribution is 5.96. The van der Waals surface area contributed by atoms with Crippen molar-refractivity contribution in [1.29, 1.82) is 0 Å². The number of carbonyl (C=O) groups is 1. The summed E-state index contributed by atoms with van der Waals surface area (Å²) in [4.78, 5) is 14.5. The largest absolute Gasteiger partial charge is 0.381 e. The summed E-state index contributed by atoms with van der Waals surface area (Å²) in [7, 11) is 0. The molecule has 2 aliphatic heterocycles. The lowest BCUT2D eigenvalue weighted by atomic mass is 9.99. The number of hydrogen-bond donors (Lipinski definition) is 1. The average molecular weight is 292 g/mol. The minimum absolute atomic E-state index is 0.0238. The molecule has 2 fully saturated rings. The molecule has 0 unspecified atom stereocenters. The predicted molar refractivity (Wildman–Crippen MR) is 80.0 cm³/mol. The third-order valence-electron chi connectivity index (χ3n) is 4.26. The van der Waals surface area contributed by atoms with Crippen LogP contribution in [-0.4, -0.2) is 32.2 Å². The molecule has 4 nitrogen and oxygen atoms in total. The van der Waals surface area contributed by atoms with Crippen LogP contribution in [0.1, 0.15) is 25.7 Å². The molecule has 3 rings (SSSR count). The second-order valence-corrected chi connectivity index (χ2v) is 5.73. The summed E-state index contributed by atoms with van der Waals surface area (Å²) in [5.41, 5.74) is 1.52. The molecular weight excluding hydrogens is 271 g/mol. The number of nitrogens with one attached hydrogen (secondary N) is 1. The van der Waals surface area contributed by atoms with Gasteiger partial charge in [-0.05, 0) is 43.9 Å². The highest BCUT2D eigenvalue weighted by Gasteiger charge is 2.23. The van der Waals surface area contributed by atoms with Crippen LogP contribution < -0.4 is 10.2 Å². The van der Waals surface area contributed by atoms with Gasteiger partial charge in [0.15, 0.2) is 0 Å². The van der Waals surface area contributed by atoms with Crippen molar-refractivity contribution in [2.45, 2.75) is 25.7 Å². The molecule has 0 spiro atoms. The number of benzene rings is 1. The third kappa shape index (κ3) is 3.35. The molecule has 114 valence electrons. The van der Waals surface area contributed by atoms with Crippen LogP contribution in [0.15, 0.2) is 18.2 Å². The zero-order chi connectivity index (χ0) is 14.7. The van der Waals surface area contributed by atoms with Gasteiger partial charge in [-0.25, -0.2) is 4.39 Å². The first-order valence-electron chi connectivity index (χ1n) is 7.67. The van der Waals surface area contributed by atoms with Crippen molar-refractivity contribution in [1.82, 2.24) is 0 Å². The van der Waals surface area contributed by atoms with E-state index in [1.54, 1.807) is 6.07 Å². The number of hydrogen-bond acceptors (Lipinski definition) is 3. The maximum absolute atomic E-state index is 13.5. The molecule has 5 heteroatoms. The van der Waals surface area contributed by atoms with Gasteiger partial charge in [0, 0.05) is 32.2 Å². The number of nitrogens with zero attached hydrogens (tertiary/aromatic N) is 1. The molecule has 21 heavy (non-hydrogen) atoms. The maximum Gasteiger partial charge on any atom is 0.227 e. The lowest BCUT2D eigenvalue weighted by Crippen LogP contribution is -2.29. The van der Waals surface area contributed by atoms with Crippen molar-refractivity contribution in [3.05, 3.63) is 24.0 Å². The van der Waals surface area contributed by atoms with E-state index < -0.39 is 0 Å². The first-order valence-corrected chi connectivity index (χ1v) is 7.67. The lowest BCUT2D eigenvalue weighted by molar-refractivity contribution is -0.122. The Morgan fingerprint density at radius 2 is 1.95 bits per heavy atom. The number of rotatable bonds is 3. The fourth-order valence-corrected chi connectivity index (χ4v) is 3.04. The van der Waals surface area contributed by atoms with Gasteiger partial charge in [0.25, 0.3) is 0 Å². The quantitative estimate of drug-likeness (QED) is 0.931. The first kappa shape index (κ1) is 14.3. The molecule has 0 saturated carbocycles. The van der Waals surface area contributed by atoms with Gasteiger partial charge in [-0.3, -0.25) is 4.79 Å². The van der Waals surface area contributed by atoms with E-state index in [0.29, 0.717) is 18.9 Å². The lowest BCUT2D eigenvalue weighted by Gasteiger charge is -2.24. The van der Waals surface area contributed by atoms with Crippen LogP contribution in [0.25, 0.3) is 0 Å². The van der Waals surface area contributed by atoms with Gasteiger partial charge in [-0.1, -0.05) is 0 Å². The van der Waals surface area contributed by atoms with Crippen LogP contribution >= 0.6 is 0 Å². The predicted octanol–water partition coefficient (Wildman–Crippen LogP) is 2.79. The summed E-state index contributed by atoms with van der Waals surface area (Å²) in [5, 5.41) is 2.92. The molecule has 0 aromatic heterocycles. The molecule has 2 heterocycles. The van der Waals surface area contributed by atoms with E-state index in [4.69, 9.17) is 4.74 Å². The molecule has 0 atom stereocenters. The van der Waals surface area contributed by atoms with Crippen LogP contribution in [0.4, 0.5) is 15.8 Å². The summed E-state index contributed by atoms with van der Waals surface area (Å²) < 4.78 is 18.8. The number of amides is 1. The summed E-state index contributed by atoms with van der Waals surface area (Å²) in [6.07, 6.45) is 3.76. The van der Waals surface area contributed by atoms with Crippen molar-refractivity contribution in [2.24, 2.45) is 5.92 Å². The van der Waals surface area contributed by atoms with Gasteiger partial charge < -0.3 is 15.0 Å². The van der Waals surface area contributed by atoms with Crippen LogP contribution in [0, 0.1) is 11.7 Å². The van der Waals surface area contributed by atoms with Gasteiger partial charge in [0.1, 0.15) is 5.82 Å². The fraction of sp³-hybridized carbons (Fsp3) is 0.562. The summed E-state index contributed by atoms with van der Waals surface area (Å²) in [6, 6.07) is 4.64. The summed E-state index contributed by atoms with van der Waals surface area (Å²) in [5.74, 6) is -0.377. The average Bonchev–Trinajstić information content (AvgIpc) is 3.02. The van der Waals surface area contributed by atoms with Gasteiger partial charge >= 0.3 is 0 Å². The van der Waals surface area contributed by atoms with Gasteiger partial charge in [0.05, 0.1) is 11.4 Å². The highest BCUT2D eigenvalue weighted by atomic mass is 19.1.